The molecule has 3 aliphatic rings. The van der Waals surface area contributed by atoms with Crippen molar-refractivity contribution in [3.63, 3.8) is 0 Å². The van der Waals surface area contributed by atoms with Crippen LogP contribution in [-0.4, -0.2) is 25.5 Å². The van der Waals surface area contributed by atoms with Gasteiger partial charge in [-0.15, -0.1) is 0 Å². The zero-order valence-electron chi connectivity index (χ0n) is 8.18. The number of hydrogen-bond acceptors (Lipinski definition) is 3. The first-order valence-electron chi connectivity index (χ1n) is 5.25. The van der Waals surface area contributed by atoms with Gasteiger partial charge in [0.05, 0.1) is 0 Å². The van der Waals surface area contributed by atoms with E-state index in [0.717, 1.165) is 43.8 Å². The van der Waals surface area contributed by atoms with Crippen LogP contribution in [0.2, 0.25) is 0 Å². The Morgan fingerprint density at radius 2 is 2.21 bits per heavy atom. The van der Waals surface area contributed by atoms with Crippen LogP contribution in [-0.2, 0) is 4.74 Å². The maximum absolute atomic E-state index is 5.45. The Kier molecular flexibility index (Phi) is 1.91. The second kappa shape index (κ2) is 3.24. The van der Waals surface area contributed by atoms with Crippen LogP contribution in [0, 0.1) is 0 Å². The van der Waals surface area contributed by atoms with Gasteiger partial charge in [-0.25, -0.2) is 4.99 Å². The normalized spacial score (nSPS) is 25.7. The van der Waals surface area contributed by atoms with E-state index in [-0.39, 0.29) is 0 Å². The van der Waals surface area contributed by atoms with E-state index in [1.165, 1.54) is 5.57 Å². The molecule has 0 fully saturated rings. The highest BCUT2D eigenvalue weighted by Gasteiger charge is 2.26. The lowest BCUT2D eigenvalue weighted by atomic mass is 9.91. The number of nitrogens with one attached hydrogen (secondary N) is 1. The lowest BCUT2D eigenvalue weighted by molar-refractivity contribution is 0.260. The first-order chi connectivity index (χ1) is 6.95. The van der Waals surface area contributed by atoms with Crippen LogP contribution >= 0.6 is 0 Å². The minimum atomic E-state index is 0.519. The highest BCUT2D eigenvalue weighted by molar-refractivity contribution is 6.13. The van der Waals surface area contributed by atoms with Gasteiger partial charge in [0.1, 0.15) is 11.5 Å². The van der Waals surface area contributed by atoms with Gasteiger partial charge < -0.3 is 10.1 Å². The first-order valence-corrected chi connectivity index (χ1v) is 5.25. The van der Waals surface area contributed by atoms with Crippen molar-refractivity contribution in [1.82, 2.24) is 5.32 Å². The summed E-state index contributed by atoms with van der Waals surface area (Å²) in [5.41, 5.74) is 4.14. The summed E-state index contributed by atoms with van der Waals surface area (Å²) in [5, 5.41) is 3.42. The molecule has 0 bridgehead atoms. The molecule has 0 aromatic carbocycles. The smallest absolute Gasteiger partial charge is 0.180 e. The molecular weight excluding hydrogens is 176 g/mol. The summed E-state index contributed by atoms with van der Waals surface area (Å²) in [6.07, 6.45) is 5.51. The second-order valence-electron chi connectivity index (χ2n) is 3.88. The SMILES string of the molecule is C1=C2OCN=C2C2=C(C1)CCNCC2. The molecule has 3 rings (SSSR count). The van der Waals surface area contributed by atoms with Crippen LogP contribution in [0.15, 0.2) is 28.0 Å². The fraction of sp³-hybridized carbons (Fsp3) is 0.545. The summed E-state index contributed by atoms with van der Waals surface area (Å²) in [6, 6.07) is 0. The van der Waals surface area contributed by atoms with E-state index in [9.17, 15) is 0 Å². The summed E-state index contributed by atoms with van der Waals surface area (Å²) in [4.78, 5) is 4.42. The number of fused-ring (bicyclic) bond motifs is 2. The van der Waals surface area contributed by atoms with E-state index >= 15 is 0 Å². The minimum Gasteiger partial charge on any atom is -0.469 e. The van der Waals surface area contributed by atoms with Gasteiger partial charge in [0.15, 0.2) is 6.73 Å². The third-order valence-corrected chi connectivity index (χ3v) is 3.08. The van der Waals surface area contributed by atoms with E-state index in [0.29, 0.717) is 6.73 Å². The average molecular weight is 190 g/mol. The van der Waals surface area contributed by atoms with Crippen molar-refractivity contribution in [3.05, 3.63) is 23.0 Å². The number of nitrogens with zero attached hydrogens (tertiary/aromatic N) is 1. The maximum Gasteiger partial charge on any atom is 0.180 e. The zero-order chi connectivity index (χ0) is 9.38. The van der Waals surface area contributed by atoms with Gasteiger partial charge in [0.25, 0.3) is 0 Å². The number of aliphatic imine (C=N–C) groups is 1. The summed E-state index contributed by atoms with van der Waals surface area (Å²) in [5.74, 6) is 1.02. The Bertz CT molecular complexity index is 352. The largest absolute Gasteiger partial charge is 0.469 e. The van der Waals surface area contributed by atoms with Crippen LogP contribution in [0.4, 0.5) is 0 Å². The van der Waals surface area contributed by atoms with Gasteiger partial charge in [-0.1, -0.05) is 5.57 Å². The van der Waals surface area contributed by atoms with E-state index < -0.39 is 0 Å². The standard InChI is InChI=1S/C11H14N2O/c1-2-10-11(13-7-14-10)9-4-6-12-5-3-8(1)9/h2,12H,1,3-7H2. The molecule has 1 aliphatic carbocycles. The number of ether oxygens (including phenoxy) is 1. The second-order valence-corrected chi connectivity index (χ2v) is 3.88. The Morgan fingerprint density at radius 3 is 3.21 bits per heavy atom. The molecule has 0 atom stereocenters. The summed E-state index contributed by atoms with van der Waals surface area (Å²) in [7, 11) is 0. The van der Waals surface area contributed by atoms with Crippen molar-refractivity contribution in [2.75, 3.05) is 19.8 Å². The fourth-order valence-corrected chi connectivity index (χ4v) is 2.34. The predicted octanol–water partition coefficient (Wildman–Crippen LogP) is 1.38. The monoisotopic (exact) mass is 190 g/mol. The van der Waals surface area contributed by atoms with Crippen LogP contribution in [0.5, 0.6) is 0 Å². The van der Waals surface area contributed by atoms with Crippen molar-refractivity contribution < 1.29 is 4.74 Å². The molecule has 74 valence electrons. The molecule has 2 heterocycles. The Morgan fingerprint density at radius 1 is 1.29 bits per heavy atom. The highest BCUT2D eigenvalue weighted by Crippen LogP contribution is 2.30. The maximum atomic E-state index is 5.45. The highest BCUT2D eigenvalue weighted by atomic mass is 16.5. The van der Waals surface area contributed by atoms with Crippen molar-refractivity contribution in [2.24, 2.45) is 4.99 Å². The van der Waals surface area contributed by atoms with E-state index in [1.807, 2.05) is 0 Å². The van der Waals surface area contributed by atoms with Crippen molar-refractivity contribution in [2.45, 2.75) is 19.3 Å². The molecule has 0 saturated carbocycles. The van der Waals surface area contributed by atoms with E-state index in [4.69, 9.17) is 4.74 Å². The van der Waals surface area contributed by atoms with Crippen molar-refractivity contribution >= 4 is 5.71 Å². The third kappa shape index (κ3) is 1.20. The lowest BCUT2D eigenvalue weighted by Gasteiger charge is -2.16. The molecule has 0 spiro atoms. The topological polar surface area (TPSA) is 33.6 Å². The molecule has 0 aromatic rings. The Labute approximate surface area is 83.6 Å². The van der Waals surface area contributed by atoms with E-state index in [1.54, 1.807) is 5.57 Å². The molecule has 14 heavy (non-hydrogen) atoms. The zero-order valence-corrected chi connectivity index (χ0v) is 8.18. The lowest BCUT2D eigenvalue weighted by Crippen LogP contribution is -2.15. The third-order valence-electron chi connectivity index (χ3n) is 3.08. The minimum absolute atomic E-state index is 0.519. The van der Waals surface area contributed by atoms with Crippen molar-refractivity contribution in [1.29, 1.82) is 0 Å². The molecule has 3 heteroatoms. The van der Waals surface area contributed by atoms with Crippen LogP contribution in [0.25, 0.3) is 0 Å². The average Bonchev–Trinajstić information content (AvgIpc) is 2.55. The molecule has 0 saturated heterocycles. The predicted molar refractivity (Wildman–Crippen MR) is 55.2 cm³/mol. The molecular formula is C11H14N2O. The molecule has 0 radical (unpaired) electrons. The number of allylic oxidation sites excluding steroid dienone is 2. The molecule has 2 aliphatic heterocycles. The molecule has 0 amide bonds. The molecule has 3 nitrogen and oxygen atoms in total. The van der Waals surface area contributed by atoms with Gasteiger partial charge in [0.2, 0.25) is 0 Å². The Hall–Kier alpha value is -1.09. The quantitative estimate of drug-likeness (QED) is 0.626. The number of hydrogen-bond donors (Lipinski definition) is 1. The summed E-state index contributed by atoms with van der Waals surface area (Å²) < 4.78 is 5.45. The van der Waals surface area contributed by atoms with Crippen LogP contribution < -0.4 is 5.32 Å². The van der Waals surface area contributed by atoms with E-state index in [2.05, 4.69) is 16.4 Å². The van der Waals surface area contributed by atoms with Crippen LogP contribution in [0.3, 0.4) is 0 Å². The fourth-order valence-electron chi connectivity index (χ4n) is 2.34. The first kappa shape index (κ1) is 8.24. The summed E-state index contributed by atoms with van der Waals surface area (Å²) >= 11 is 0. The van der Waals surface area contributed by atoms with Gasteiger partial charge in [0, 0.05) is 0 Å². The molecule has 0 unspecified atom stereocenters. The Balaban J connectivity index is 1.99. The van der Waals surface area contributed by atoms with Crippen molar-refractivity contribution in [3.8, 4) is 0 Å². The van der Waals surface area contributed by atoms with Gasteiger partial charge in [-0.3, -0.25) is 0 Å². The van der Waals surface area contributed by atoms with Gasteiger partial charge in [-0.05, 0) is 44.0 Å². The molecule has 1 N–H and O–H groups in total. The van der Waals surface area contributed by atoms with Crippen LogP contribution in [0.1, 0.15) is 19.3 Å². The number of rotatable bonds is 0. The van der Waals surface area contributed by atoms with Gasteiger partial charge in [-0.2, -0.15) is 0 Å². The summed E-state index contributed by atoms with van der Waals surface area (Å²) in [6.45, 7) is 2.70. The van der Waals surface area contributed by atoms with Gasteiger partial charge >= 0.3 is 0 Å². The molecule has 0 aromatic heterocycles.